The Morgan fingerprint density at radius 1 is 1.10 bits per heavy atom. The molecule has 1 N–H and O–H groups in total. The summed E-state index contributed by atoms with van der Waals surface area (Å²) in [6.45, 7) is 1.51. The van der Waals surface area contributed by atoms with Crippen LogP contribution in [0, 0.1) is 6.92 Å². The van der Waals surface area contributed by atoms with E-state index in [1.54, 1.807) is 49.4 Å². The van der Waals surface area contributed by atoms with E-state index < -0.39 is 5.91 Å². The number of ether oxygens (including phenoxy) is 2. The highest BCUT2D eigenvalue weighted by atomic mass is 35.5. The number of benzene rings is 2. The highest BCUT2D eigenvalue weighted by Crippen LogP contribution is 2.29. The normalized spacial score (nSPS) is 10.5. The lowest BCUT2D eigenvalue weighted by molar-refractivity contribution is -0.116. The lowest BCUT2D eigenvalue weighted by atomic mass is 10.2. The number of halogens is 1. The molecule has 0 unspecified atom stereocenters. The molecule has 0 saturated carbocycles. The fraction of sp³-hybridized carbons (Fsp3) is 0.190. The van der Waals surface area contributed by atoms with Crippen LogP contribution >= 0.6 is 11.6 Å². The maximum Gasteiger partial charge on any atom is 0.254 e. The van der Waals surface area contributed by atoms with Crippen molar-refractivity contribution in [2.45, 2.75) is 13.5 Å². The molecule has 7 nitrogen and oxygen atoms in total. The van der Waals surface area contributed by atoms with Gasteiger partial charge in [0.25, 0.3) is 5.56 Å². The number of amides is 1. The van der Waals surface area contributed by atoms with Crippen LogP contribution in [0.4, 0.5) is 5.69 Å². The lowest BCUT2D eigenvalue weighted by Gasteiger charge is -2.15. The molecule has 3 aromatic rings. The van der Waals surface area contributed by atoms with E-state index >= 15 is 0 Å². The fourth-order valence-electron chi connectivity index (χ4n) is 2.84. The van der Waals surface area contributed by atoms with Gasteiger partial charge in [-0.15, -0.1) is 0 Å². The molecule has 0 aliphatic rings. The van der Waals surface area contributed by atoms with Crippen LogP contribution in [-0.4, -0.2) is 29.7 Å². The summed E-state index contributed by atoms with van der Waals surface area (Å²) >= 11 is 5.95. The Morgan fingerprint density at radius 2 is 1.83 bits per heavy atom. The Balaban J connectivity index is 1.93. The van der Waals surface area contributed by atoms with Crippen molar-refractivity contribution >= 4 is 23.2 Å². The van der Waals surface area contributed by atoms with Gasteiger partial charge in [-0.2, -0.15) is 0 Å². The SMILES string of the molecule is COc1ccc(OC)c(NC(=O)Cn2c(-c3ccc(Cl)cc3)nc(C)cc2=O)c1. The third-order valence-electron chi connectivity index (χ3n) is 4.22. The number of rotatable bonds is 6. The molecule has 3 rings (SSSR count). The first-order valence-electron chi connectivity index (χ1n) is 8.77. The van der Waals surface area contributed by atoms with E-state index in [4.69, 9.17) is 21.1 Å². The van der Waals surface area contributed by atoms with E-state index in [0.717, 1.165) is 0 Å². The van der Waals surface area contributed by atoms with Crippen molar-refractivity contribution < 1.29 is 14.3 Å². The number of carbonyl (C=O) groups is 1. The van der Waals surface area contributed by atoms with Crippen LogP contribution < -0.4 is 20.3 Å². The summed E-state index contributed by atoms with van der Waals surface area (Å²) in [5, 5.41) is 3.33. The molecular formula is C21H20ClN3O4. The highest BCUT2D eigenvalue weighted by molar-refractivity contribution is 6.30. The standard InChI is InChI=1S/C21H20ClN3O4/c1-13-10-20(27)25(21(23-13)14-4-6-15(22)7-5-14)12-19(26)24-17-11-16(28-2)8-9-18(17)29-3/h4-11H,12H2,1-3H3,(H,24,26). The Kier molecular flexibility index (Phi) is 6.19. The van der Waals surface area contributed by atoms with E-state index in [2.05, 4.69) is 10.3 Å². The maximum absolute atomic E-state index is 12.7. The van der Waals surface area contributed by atoms with Gasteiger partial charge in [-0.1, -0.05) is 11.6 Å². The van der Waals surface area contributed by atoms with Gasteiger partial charge in [0.05, 0.1) is 19.9 Å². The van der Waals surface area contributed by atoms with Gasteiger partial charge in [0.1, 0.15) is 23.9 Å². The van der Waals surface area contributed by atoms with Crippen molar-refractivity contribution in [3.05, 3.63) is 69.6 Å². The van der Waals surface area contributed by atoms with Gasteiger partial charge in [0, 0.05) is 28.4 Å². The van der Waals surface area contributed by atoms with Crippen molar-refractivity contribution in [2.75, 3.05) is 19.5 Å². The summed E-state index contributed by atoms with van der Waals surface area (Å²) in [6.07, 6.45) is 0. The van der Waals surface area contributed by atoms with E-state index in [-0.39, 0.29) is 12.1 Å². The Bertz CT molecular complexity index is 1090. The molecular weight excluding hydrogens is 394 g/mol. The van der Waals surface area contributed by atoms with E-state index in [1.807, 2.05) is 0 Å². The summed E-state index contributed by atoms with van der Waals surface area (Å²) in [5.41, 5.74) is 1.36. The highest BCUT2D eigenvalue weighted by Gasteiger charge is 2.15. The largest absolute Gasteiger partial charge is 0.497 e. The van der Waals surface area contributed by atoms with Gasteiger partial charge in [-0.3, -0.25) is 14.2 Å². The summed E-state index contributed by atoms with van der Waals surface area (Å²) in [4.78, 5) is 29.7. The minimum absolute atomic E-state index is 0.218. The second-order valence-corrected chi connectivity index (χ2v) is 6.70. The predicted octanol–water partition coefficient (Wildman–Crippen LogP) is 3.53. The monoisotopic (exact) mass is 413 g/mol. The molecule has 0 aliphatic carbocycles. The second-order valence-electron chi connectivity index (χ2n) is 6.27. The summed E-state index contributed by atoms with van der Waals surface area (Å²) in [7, 11) is 3.04. The van der Waals surface area contributed by atoms with Gasteiger partial charge in [0.2, 0.25) is 5.91 Å². The van der Waals surface area contributed by atoms with Crippen LogP contribution in [-0.2, 0) is 11.3 Å². The molecule has 0 atom stereocenters. The van der Waals surface area contributed by atoms with Crippen molar-refractivity contribution in [2.24, 2.45) is 0 Å². The number of carbonyl (C=O) groups excluding carboxylic acids is 1. The molecule has 0 spiro atoms. The summed E-state index contributed by atoms with van der Waals surface area (Å²) in [5.74, 6) is 1.03. The number of methoxy groups -OCH3 is 2. The van der Waals surface area contributed by atoms with Crippen molar-refractivity contribution in [1.82, 2.24) is 9.55 Å². The molecule has 150 valence electrons. The predicted molar refractivity (Wildman–Crippen MR) is 112 cm³/mol. The van der Waals surface area contributed by atoms with E-state index in [1.165, 1.54) is 24.9 Å². The molecule has 0 fully saturated rings. The van der Waals surface area contributed by atoms with E-state index in [9.17, 15) is 9.59 Å². The zero-order valence-electron chi connectivity index (χ0n) is 16.2. The topological polar surface area (TPSA) is 82.4 Å². The van der Waals surface area contributed by atoms with Gasteiger partial charge in [-0.25, -0.2) is 4.98 Å². The zero-order chi connectivity index (χ0) is 21.0. The Morgan fingerprint density at radius 3 is 2.48 bits per heavy atom. The quantitative estimate of drug-likeness (QED) is 0.668. The number of nitrogens with zero attached hydrogens (tertiary/aromatic N) is 2. The number of anilines is 1. The average molecular weight is 414 g/mol. The first-order valence-corrected chi connectivity index (χ1v) is 9.15. The van der Waals surface area contributed by atoms with Crippen LogP contribution in [0.3, 0.4) is 0 Å². The van der Waals surface area contributed by atoms with Gasteiger partial charge < -0.3 is 14.8 Å². The number of aryl methyl sites for hydroxylation is 1. The van der Waals surface area contributed by atoms with Gasteiger partial charge in [-0.05, 0) is 43.3 Å². The van der Waals surface area contributed by atoms with E-state index in [0.29, 0.717) is 39.3 Å². The third-order valence-corrected chi connectivity index (χ3v) is 4.47. The molecule has 2 aromatic carbocycles. The molecule has 0 radical (unpaired) electrons. The lowest BCUT2D eigenvalue weighted by Crippen LogP contribution is -2.29. The average Bonchev–Trinajstić information content (AvgIpc) is 2.70. The molecule has 1 aromatic heterocycles. The number of hydrogen-bond donors (Lipinski definition) is 1. The first kappa shape index (κ1) is 20.4. The molecule has 1 heterocycles. The minimum atomic E-state index is -0.403. The van der Waals surface area contributed by atoms with Crippen LogP contribution in [0.1, 0.15) is 5.69 Å². The third kappa shape index (κ3) is 4.75. The molecule has 29 heavy (non-hydrogen) atoms. The number of aromatic nitrogens is 2. The Hall–Kier alpha value is -3.32. The number of nitrogens with one attached hydrogen (secondary N) is 1. The minimum Gasteiger partial charge on any atom is -0.497 e. The van der Waals surface area contributed by atoms with Crippen molar-refractivity contribution in [3.63, 3.8) is 0 Å². The number of hydrogen-bond acceptors (Lipinski definition) is 5. The molecule has 0 saturated heterocycles. The van der Waals surface area contributed by atoms with Crippen LogP contribution in [0.5, 0.6) is 11.5 Å². The smallest absolute Gasteiger partial charge is 0.254 e. The fourth-order valence-corrected chi connectivity index (χ4v) is 2.96. The van der Waals surface area contributed by atoms with Crippen LogP contribution in [0.2, 0.25) is 5.02 Å². The first-order chi connectivity index (χ1) is 13.9. The van der Waals surface area contributed by atoms with Crippen LogP contribution in [0.15, 0.2) is 53.3 Å². The second kappa shape index (κ2) is 8.79. The van der Waals surface area contributed by atoms with Crippen LogP contribution in [0.25, 0.3) is 11.4 Å². The molecule has 8 heteroatoms. The molecule has 0 bridgehead atoms. The Labute approximate surface area is 172 Å². The molecule has 0 aliphatic heterocycles. The molecule has 1 amide bonds. The zero-order valence-corrected chi connectivity index (χ0v) is 17.0. The summed E-state index contributed by atoms with van der Waals surface area (Å²) < 4.78 is 11.8. The van der Waals surface area contributed by atoms with Crippen molar-refractivity contribution in [1.29, 1.82) is 0 Å². The van der Waals surface area contributed by atoms with Gasteiger partial charge >= 0.3 is 0 Å². The maximum atomic E-state index is 12.7. The van der Waals surface area contributed by atoms with Gasteiger partial charge in [0.15, 0.2) is 0 Å². The van der Waals surface area contributed by atoms with Crippen molar-refractivity contribution in [3.8, 4) is 22.9 Å². The summed E-state index contributed by atoms with van der Waals surface area (Å²) in [6, 6.07) is 13.4.